The van der Waals surface area contributed by atoms with Gasteiger partial charge in [-0.2, -0.15) is 0 Å². The molecule has 0 saturated heterocycles. The maximum atomic E-state index is 12.9. The molecular formula is C18H26ClN2O11P. The monoisotopic (exact) mass is 512 g/mol. The Morgan fingerprint density at radius 2 is 1.55 bits per heavy atom. The average Bonchev–Trinajstić information content (AvgIpc) is 2.67. The van der Waals surface area contributed by atoms with Crippen LogP contribution in [0.3, 0.4) is 0 Å². The zero-order valence-electron chi connectivity index (χ0n) is 18.5. The summed E-state index contributed by atoms with van der Waals surface area (Å²) in [5, 5.41) is -0.184. The van der Waals surface area contributed by atoms with Crippen molar-refractivity contribution in [2.24, 2.45) is 0 Å². The van der Waals surface area contributed by atoms with E-state index in [0.717, 1.165) is 10.8 Å². The summed E-state index contributed by atoms with van der Waals surface area (Å²) in [4.78, 5) is 47.9. The van der Waals surface area contributed by atoms with Gasteiger partial charge in [-0.15, -0.1) is 0 Å². The first-order chi connectivity index (χ1) is 15.4. The Bertz CT molecular complexity index is 954. The molecule has 1 aromatic heterocycles. The number of rotatable bonds is 12. The summed E-state index contributed by atoms with van der Waals surface area (Å²) < 4.78 is 42.9. The third-order valence-corrected chi connectivity index (χ3v) is 5.21. The molecule has 0 radical (unpaired) electrons. The van der Waals surface area contributed by atoms with Crippen LogP contribution in [0.25, 0.3) is 0 Å². The van der Waals surface area contributed by atoms with Crippen LogP contribution in [0, 0.1) is 0 Å². The molecule has 0 spiro atoms. The van der Waals surface area contributed by atoms with E-state index in [9.17, 15) is 23.7 Å². The Labute approximate surface area is 194 Å². The highest BCUT2D eigenvalue weighted by Gasteiger charge is 2.25. The number of allylic oxidation sites excluding steroid dienone is 2. The van der Waals surface area contributed by atoms with Crippen molar-refractivity contribution in [2.45, 2.75) is 46.4 Å². The van der Waals surface area contributed by atoms with Crippen molar-refractivity contribution in [3.05, 3.63) is 44.2 Å². The molecule has 0 unspecified atom stereocenters. The molecule has 13 nitrogen and oxygen atoms in total. The average molecular weight is 513 g/mol. The van der Waals surface area contributed by atoms with E-state index in [1.165, 1.54) is 12.2 Å². The van der Waals surface area contributed by atoms with Crippen LogP contribution in [0.1, 0.15) is 27.7 Å². The SMILES string of the molecule is CC(C)OC(=O)OCOP(=O)(C/C=C/Cn1cc(Cl)c(=O)[nH]c1=O)OCOC(=O)OC(C)C. The first-order valence-corrected chi connectivity index (χ1v) is 11.7. The Hall–Kier alpha value is -2.60. The summed E-state index contributed by atoms with van der Waals surface area (Å²) in [6.45, 7) is 4.88. The van der Waals surface area contributed by atoms with Crippen LogP contribution >= 0.6 is 19.2 Å². The van der Waals surface area contributed by atoms with Gasteiger partial charge >= 0.3 is 25.6 Å². The lowest BCUT2D eigenvalue weighted by atomic mass is 10.5. The van der Waals surface area contributed by atoms with Gasteiger partial charge in [-0.05, 0) is 27.7 Å². The second kappa shape index (κ2) is 13.8. The standard InChI is InChI=1S/C18H26ClN2O11P/c1-12(2)31-17(24)27-10-29-33(26,30-11-28-18(25)32-13(3)4)8-6-5-7-21-9-14(19)15(22)20-16(21)23/h5-6,9,12-13H,7-8,10-11H2,1-4H3,(H,20,22,23)/b6-5+. The van der Waals surface area contributed by atoms with Gasteiger partial charge < -0.3 is 18.9 Å². The number of hydrogen-bond donors (Lipinski definition) is 1. The summed E-state index contributed by atoms with van der Waals surface area (Å²) in [5.41, 5.74) is -1.42. The maximum Gasteiger partial charge on any atom is 0.510 e. The van der Waals surface area contributed by atoms with Crippen molar-refractivity contribution < 1.29 is 42.1 Å². The number of ether oxygens (including phenoxy) is 4. The summed E-state index contributed by atoms with van der Waals surface area (Å²) in [6, 6.07) is 0. The number of halogens is 1. The molecule has 0 atom stereocenters. The van der Waals surface area contributed by atoms with Crippen LogP contribution in [-0.2, 0) is 39.1 Å². The fraction of sp³-hybridized carbons (Fsp3) is 0.556. The number of carbonyl (C=O) groups is 2. The molecule has 1 aromatic rings. The highest BCUT2D eigenvalue weighted by atomic mass is 35.5. The highest BCUT2D eigenvalue weighted by molar-refractivity contribution is 7.54. The quantitative estimate of drug-likeness (QED) is 0.189. The molecule has 0 fully saturated rings. The van der Waals surface area contributed by atoms with E-state index in [4.69, 9.17) is 30.1 Å². The molecule has 0 aliphatic rings. The second-order valence-electron chi connectivity index (χ2n) is 6.77. The van der Waals surface area contributed by atoms with Crippen molar-refractivity contribution in [2.75, 3.05) is 19.7 Å². The molecule has 33 heavy (non-hydrogen) atoms. The number of hydrogen-bond acceptors (Lipinski definition) is 11. The van der Waals surface area contributed by atoms with Crippen molar-refractivity contribution >= 4 is 31.5 Å². The fourth-order valence-electron chi connectivity index (χ4n) is 1.92. The van der Waals surface area contributed by atoms with Crippen LogP contribution in [0.15, 0.2) is 27.9 Å². The summed E-state index contributed by atoms with van der Waals surface area (Å²) in [5.74, 6) is 0. The van der Waals surface area contributed by atoms with Crippen molar-refractivity contribution in [1.82, 2.24) is 9.55 Å². The molecule has 0 aliphatic carbocycles. The van der Waals surface area contributed by atoms with Gasteiger partial charge in [0.15, 0.2) is 0 Å². The maximum absolute atomic E-state index is 12.9. The molecule has 0 bridgehead atoms. The van der Waals surface area contributed by atoms with E-state index < -0.39 is 56.9 Å². The van der Waals surface area contributed by atoms with E-state index in [2.05, 4.69) is 9.47 Å². The molecule has 1 heterocycles. The lowest BCUT2D eigenvalue weighted by Crippen LogP contribution is -2.29. The Morgan fingerprint density at radius 1 is 1.03 bits per heavy atom. The van der Waals surface area contributed by atoms with E-state index >= 15 is 0 Å². The lowest BCUT2D eigenvalue weighted by molar-refractivity contribution is -0.0298. The van der Waals surface area contributed by atoms with Crippen LogP contribution in [0.5, 0.6) is 0 Å². The Balaban J connectivity index is 2.74. The van der Waals surface area contributed by atoms with Gasteiger partial charge in [-0.25, -0.2) is 14.4 Å². The van der Waals surface area contributed by atoms with Gasteiger partial charge in [0.2, 0.25) is 13.6 Å². The van der Waals surface area contributed by atoms with Crippen molar-refractivity contribution in [1.29, 1.82) is 0 Å². The zero-order chi connectivity index (χ0) is 25.0. The number of H-pyrrole nitrogens is 1. The number of aromatic nitrogens is 2. The number of aromatic amines is 1. The first kappa shape index (κ1) is 28.4. The third kappa shape index (κ3) is 11.7. The zero-order valence-corrected chi connectivity index (χ0v) is 20.1. The largest absolute Gasteiger partial charge is 0.510 e. The third-order valence-electron chi connectivity index (χ3n) is 3.28. The van der Waals surface area contributed by atoms with Gasteiger partial charge in [-0.1, -0.05) is 23.8 Å². The predicted molar refractivity (Wildman–Crippen MR) is 115 cm³/mol. The van der Waals surface area contributed by atoms with E-state index in [1.807, 2.05) is 4.98 Å². The molecule has 1 rings (SSSR count). The molecule has 0 amide bonds. The van der Waals surface area contributed by atoms with Gasteiger partial charge in [0.05, 0.1) is 18.4 Å². The van der Waals surface area contributed by atoms with Crippen LogP contribution in [-0.4, -0.2) is 53.8 Å². The molecular weight excluding hydrogens is 487 g/mol. The normalized spacial score (nSPS) is 11.7. The lowest BCUT2D eigenvalue weighted by Gasteiger charge is -2.17. The van der Waals surface area contributed by atoms with E-state index in [0.29, 0.717) is 0 Å². The number of nitrogens with zero attached hydrogens (tertiary/aromatic N) is 1. The first-order valence-electron chi connectivity index (χ1n) is 9.61. The van der Waals surface area contributed by atoms with Gasteiger partial charge in [-0.3, -0.25) is 28.0 Å². The Morgan fingerprint density at radius 3 is 2.03 bits per heavy atom. The van der Waals surface area contributed by atoms with Gasteiger partial charge in [0, 0.05) is 12.7 Å². The number of carbonyl (C=O) groups excluding carboxylic acids is 2. The smallest absolute Gasteiger partial charge is 0.432 e. The van der Waals surface area contributed by atoms with Crippen LogP contribution < -0.4 is 11.2 Å². The van der Waals surface area contributed by atoms with E-state index in [-0.39, 0.29) is 17.7 Å². The van der Waals surface area contributed by atoms with Crippen molar-refractivity contribution in [3.8, 4) is 0 Å². The highest BCUT2D eigenvalue weighted by Crippen LogP contribution is 2.48. The summed E-state index contributed by atoms with van der Waals surface area (Å²) in [6.07, 6.45) is 0.618. The molecule has 15 heteroatoms. The molecule has 186 valence electrons. The molecule has 1 N–H and O–H groups in total. The predicted octanol–water partition coefficient (Wildman–Crippen LogP) is 3.01. The molecule has 0 aliphatic heterocycles. The topological polar surface area (TPSA) is 161 Å². The minimum Gasteiger partial charge on any atom is -0.432 e. The van der Waals surface area contributed by atoms with Crippen LogP contribution in [0.4, 0.5) is 9.59 Å². The van der Waals surface area contributed by atoms with Gasteiger partial charge in [0.25, 0.3) is 5.56 Å². The van der Waals surface area contributed by atoms with E-state index in [1.54, 1.807) is 27.7 Å². The van der Waals surface area contributed by atoms with Crippen LogP contribution in [0.2, 0.25) is 5.02 Å². The molecule has 0 saturated carbocycles. The number of nitrogens with one attached hydrogen (secondary N) is 1. The molecule has 0 aromatic carbocycles. The minimum atomic E-state index is -3.97. The fourth-order valence-corrected chi connectivity index (χ4v) is 3.20. The summed E-state index contributed by atoms with van der Waals surface area (Å²) >= 11 is 5.68. The summed E-state index contributed by atoms with van der Waals surface area (Å²) in [7, 11) is -3.97. The second-order valence-corrected chi connectivity index (χ2v) is 9.28. The minimum absolute atomic E-state index is 0.0240. The van der Waals surface area contributed by atoms with Crippen molar-refractivity contribution in [3.63, 3.8) is 0 Å². The van der Waals surface area contributed by atoms with Gasteiger partial charge in [0.1, 0.15) is 5.02 Å². The Kier molecular flexibility index (Phi) is 11.9.